The van der Waals surface area contributed by atoms with E-state index < -0.39 is 0 Å². The molecule has 7 heteroatoms. The second-order valence-electron chi connectivity index (χ2n) is 5.47. The Morgan fingerprint density at radius 2 is 2.00 bits per heavy atom. The molecule has 0 fully saturated rings. The average Bonchev–Trinajstić information content (AvgIpc) is 2.62. The second kappa shape index (κ2) is 8.98. The zero-order valence-electron chi connectivity index (χ0n) is 14.8. The molecule has 0 aliphatic carbocycles. The summed E-state index contributed by atoms with van der Waals surface area (Å²) in [5.74, 6) is 0.486. The van der Waals surface area contributed by atoms with Gasteiger partial charge in [-0.25, -0.2) is 4.68 Å². The van der Waals surface area contributed by atoms with Gasteiger partial charge in [0.05, 0.1) is 19.8 Å². The molecule has 134 valence electrons. The number of rotatable bonds is 8. The van der Waals surface area contributed by atoms with E-state index in [1.165, 1.54) is 16.8 Å². The number of hydrogen-bond acceptors (Lipinski definition) is 5. The Bertz CT molecular complexity index is 773. The molecule has 0 saturated carbocycles. The molecule has 1 heterocycles. The highest BCUT2D eigenvalue weighted by atomic mass is 16.5. The number of aromatic nitrogens is 2. The van der Waals surface area contributed by atoms with Gasteiger partial charge in [0.2, 0.25) is 0 Å². The van der Waals surface area contributed by atoms with Crippen molar-refractivity contribution in [2.45, 2.75) is 20.0 Å². The third-order valence-electron chi connectivity index (χ3n) is 3.62. The van der Waals surface area contributed by atoms with Crippen LogP contribution in [-0.4, -0.2) is 48.0 Å². The number of benzene rings is 1. The summed E-state index contributed by atoms with van der Waals surface area (Å²) in [7, 11) is 3.24. The van der Waals surface area contributed by atoms with Gasteiger partial charge in [0.1, 0.15) is 11.4 Å². The lowest BCUT2D eigenvalue weighted by Gasteiger charge is -2.19. The lowest BCUT2D eigenvalue weighted by Crippen LogP contribution is -2.31. The molecule has 7 nitrogen and oxygen atoms in total. The lowest BCUT2D eigenvalue weighted by atomic mass is 10.2. The lowest BCUT2D eigenvalue weighted by molar-refractivity contribution is 0.0774. The molecule has 1 amide bonds. The zero-order chi connectivity index (χ0) is 18.2. The summed E-state index contributed by atoms with van der Waals surface area (Å²) in [6.07, 6.45) is 0. The standard InChI is InChI=1S/C18H23N3O4/c1-4-25-16-8-6-5-7-14(16)13-20(2)18(23)15-9-10-17(22)21(19-15)11-12-24-3/h5-10H,4,11-13H2,1-3H3. The van der Waals surface area contributed by atoms with Crippen LogP contribution in [0, 0.1) is 0 Å². The third-order valence-corrected chi connectivity index (χ3v) is 3.62. The highest BCUT2D eigenvalue weighted by Crippen LogP contribution is 2.19. The van der Waals surface area contributed by atoms with Crippen LogP contribution in [0.4, 0.5) is 0 Å². The van der Waals surface area contributed by atoms with E-state index >= 15 is 0 Å². The van der Waals surface area contributed by atoms with Crippen molar-refractivity contribution in [2.24, 2.45) is 0 Å². The van der Waals surface area contributed by atoms with Crippen LogP contribution >= 0.6 is 0 Å². The van der Waals surface area contributed by atoms with Gasteiger partial charge in [-0.05, 0) is 19.1 Å². The van der Waals surface area contributed by atoms with E-state index in [-0.39, 0.29) is 17.2 Å². The molecule has 0 N–H and O–H groups in total. The van der Waals surface area contributed by atoms with Gasteiger partial charge in [-0.15, -0.1) is 0 Å². The number of para-hydroxylation sites is 1. The summed E-state index contributed by atoms with van der Waals surface area (Å²) in [6.45, 7) is 3.50. The largest absolute Gasteiger partial charge is 0.494 e. The number of hydrogen-bond donors (Lipinski definition) is 0. The van der Waals surface area contributed by atoms with Crippen LogP contribution in [0.1, 0.15) is 23.0 Å². The van der Waals surface area contributed by atoms with E-state index in [4.69, 9.17) is 9.47 Å². The van der Waals surface area contributed by atoms with Crippen molar-refractivity contribution in [1.82, 2.24) is 14.7 Å². The van der Waals surface area contributed by atoms with Crippen molar-refractivity contribution >= 4 is 5.91 Å². The van der Waals surface area contributed by atoms with E-state index in [0.29, 0.717) is 26.3 Å². The maximum Gasteiger partial charge on any atom is 0.274 e. The molecule has 1 aromatic heterocycles. The molecular weight excluding hydrogens is 322 g/mol. The number of ether oxygens (including phenoxy) is 2. The molecule has 0 aliphatic rings. The van der Waals surface area contributed by atoms with E-state index in [2.05, 4.69) is 5.10 Å². The van der Waals surface area contributed by atoms with Crippen LogP contribution in [0.5, 0.6) is 5.75 Å². The van der Waals surface area contributed by atoms with Crippen LogP contribution in [0.2, 0.25) is 0 Å². The Morgan fingerprint density at radius 3 is 2.72 bits per heavy atom. The molecule has 0 aliphatic heterocycles. The summed E-state index contributed by atoms with van der Waals surface area (Å²) in [6, 6.07) is 10.4. The highest BCUT2D eigenvalue weighted by molar-refractivity contribution is 5.91. The van der Waals surface area contributed by atoms with Crippen molar-refractivity contribution in [3.63, 3.8) is 0 Å². The van der Waals surface area contributed by atoms with Crippen LogP contribution in [0.3, 0.4) is 0 Å². The van der Waals surface area contributed by atoms with Gasteiger partial charge < -0.3 is 14.4 Å². The average molecular weight is 345 g/mol. The first-order valence-electron chi connectivity index (χ1n) is 8.10. The van der Waals surface area contributed by atoms with Crippen molar-refractivity contribution < 1.29 is 14.3 Å². The predicted molar refractivity (Wildman–Crippen MR) is 93.8 cm³/mol. The Labute approximate surface area is 146 Å². The van der Waals surface area contributed by atoms with E-state index in [9.17, 15) is 9.59 Å². The normalized spacial score (nSPS) is 10.5. The van der Waals surface area contributed by atoms with Gasteiger partial charge in [0.15, 0.2) is 0 Å². The fourth-order valence-electron chi connectivity index (χ4n) is 2.35. The Hall–Kier alpha value is -2.67. The molecule has 0 unspecified atom stereocenters. The number of methoxy groups -OCH3 is 1. The van der Waals surface area contributed by atoms with Crippen LogP contribution in [0.25, 0.3) is 0 Å². The van der Waals surface area contributed by atoms with Crippen LogP contribution in [0.15, 0.2) is 41.2 Å². The van der Waals surface area contributed by atoms with Gasteiger partial charge in [-0.1, -0.05) is 18.2 Å². The van der Waals surface area contributed by atoms with Crippen LogP contribution in [-0.2, 0) is 17.8 Å². The summed E-state index contributed by atoms with van der Waals surface area (Å²) in [4.78, 5) is 26.0. The second-order valence-corrected chi connectivity index (χ2v) is 5.47. The molecule has 0 radical (unpaired) electrons. The van der Waals surface area contributed by atoms with Crippen molar-refractivity contribution in [1.29, 1.82) is 0 Å². The summed E-state index contributed by atoms with van der Waals surface area (Å²) >= 11 is 0. The highest BCUT2D eigenvalue weighted by Gasteiger charge is 2.16. The minimum absolute atomic E-state index is 0.215. The Kier molecular flexibility index (Phi) is 6.71. The Morgan fingerprint density at radius 1 is 1.24 bits per heavy atom. The summed E-state index contributed by atoms with van der Waals surface area (Å²) in [5.41, 5.74) is 0.859. The zero-order valence-corrected chi connectivity index (χ0v) is 14.8. The first-order valence-corrected chi connectivity index (χ1v) is 8.10. The fourth-order valence-corrected chi connectivity index (χ4v) is 2.35. The fraction of sp³-hybridized carbons (Fsp3) is 0.389. The maximum absolute atomic E-state index is 12.6. The minimum Gasteiger partial charge on any atom is -0.494 e. The SMILES string of the molecule is CCOc1ccccc1CN(C)C(=O)c1ccc(=O)n(CCOC)n1. The molecule has 0 saturated heterocycles. The quantitative estimate of drug-likeness (QED) is 0.726. The predicted octanol–water partition coefficient (Wildman–Crippen LogP) is 1.56. The maximum atomic E-state index is 12.6. The van der Waals surface area contributed by atoms with Gasteiger partial charge in [0, 0.05) is 32.3 Å². The molecule has 0 spiro atoms. The van der Waals surface area contributed by atoms with Gasteiger partial charge in [-0.2, -0.15) is 5.10 Å². The van der Waals surface area contributed by atoms with Gasteiger partial charge in [0.25, 0.3) is 11.5 Å². The number of carbonyl (C=O) groups excluding carboxylic acids is 1. The number of carbonyl (C=O) groups is 1. The molecule has 25 heavy (non-hydrogen) atoms. The van der Waals surface area contributed by atoms with Gasteiger partial charge >= 0.3 is 0 Å². The van der Waals surface area contributed by atoms with E-state index in [1.54, 1.807) is 19.1 Å². The molecule has 2 aromatic rings. The van der Waals surface area contributed by atoms with E-state index in [1.807, 2.05) is 31.2 Å². The van der Waals surface area contributed by atoms with Crippen molar-refractivity contribution in [3.05, 3.63) is 58.0 Å². The van der Waals surface area contributed by atoms with Gasteiger partial charge in [-0.3, -0.25) is 9.59 Å². The first kappa shape index (κ1) is 18.7. The molecule has 0 atom stereocenters. The molecule has 1 aromatic carbocycles. The summed E-state index contributed by atoms with van der Waals surface area (Å²) < 4.78 is 11.8. The number of nitrogens with zero attached hydrogens (tertiary/aromatic N) is 3. The van der Waals surface area contributed by atoms with E-state index in [0.717, 1.165) is 11.3 Å². The van der Waals surface area contributed by atoms with Crippen molar-refractivity contribution in [2.75, 3.05) is 27.4 Å². The van der Waals surface area contributed by atoms with Crippen LogP contribution < -0.4 is 10.3 Å². The third kappa shape index (κ3) is 4.90. The topological polar surface area (TPSA) is 73.7 Å². The first-order chi connectivity index (χ1) is 12.1. The van der Waals surface area contributed by atoms with Crippen molar-refractivity contribution in [3.8, 4) is 5.75 Å². The molecular formula is C18H23N3O4. The molecule has 0 bridgehead atoms. The number of amides is 1. The summed E-state index contributed by atoms with van der Waals surface area (Å²) in [5, 5.41) is 4.13. The Balaban J connectivity index is 2.16. The smallest absolute Gasteiger partial charge is 0.274 e. The monoisotopic (exact) mass is 345 g/mol. The minimum atomic E-state index is -0.266. The molecule has 2 rings (SSSR count).